The lowest BCUT2D eigenvalue weighted by molar-refractivity contribution is -0.0269. The molecule has 0 aliphatic carbocycles. The minimum absolute atomic E-state index is 0.320. The average molecular weight is 585 g/mol. The summed E-state index contributed by atoms with van der Waals surface area (Å²) in [4.78, 5) is 12.5. The fourth-order valence-corrected chi connectivity index (χ4v) is 5.74. The number of nitrogens with two attached hydrogens (primary N) is 1. The lowest BCUT2D eigenvalue weighted by atomic mass is 10.0. The van der Waals surface area contributed by atoms with Crippen LogP contribution in [-0.2, 0) is 22.6 Å². The highest BCUT2D eigenvalue weighted by Crippen LogP contribution is 2.32. The summed E-state index contributed by atoms with van der Waals surface area (Å²) in [6.07, 6.45) is 25.7. The maximum absolute atomic E-state index is 10.6. The van der Waals surface area contributed by atoms with E-state index in [1.807, 2.05) is 6.20 Å². The van der Waals surface area contributed by atoms with E-state index in [1.165, 1.54) is 103 Å². The Morgan fingerprint density at radius 3 is 2.21 bits per heavy atom. The number of hydrogen-bond acceptors (Lipinski definition) is 9. The first-order valence-corrected chi connectivity index (χ1v) is 16.4. The van der Waals surface area contributed by atoms with Crippen LogP contribution in [0, 0.1) is 0 Å². The van der Waals surface area contributed by atoms with Gasteiger partial charge in [-0.1, -0.05) is 108 Å². The van der Waals surface area contributed by atoms with Crippen LogP contribution >= 0.6 is 0 Å². The van der Waals surface area contributed by atoms with E-state index in [2.05, 4.69) is 32.2 Å². The van der Waals surface area contributed by atoms with Gasteiger partial charge in [0.15, 0.2) is 11.5 Å². The Labute approximate surface area is 250 Å². The number of fused-ring (bicyclic) bond motifs is 1. The van der Waals surface area contributed by atoms with Crippen molar-refractivity contribution in [3.8, 4) is 0 Å². The second-order valence-electron chi connectivity index (χ2n) is 11.8. The van der Waals surface area contributed by atoms with Crippen molar-refractivity contribution in [2.75, 3.05) is 12.3 Å². The van der Waals surface area contributed by atoms with Crippen LogP contribution in [0.3, 0.4) is 0 Å². The summed E-state index contributed by atoms with van der Waals surface area (Å²) < 4.78 is 15.5. The quantitative estimate of drug-likeness (QED) is 0.134. The molecule has 0 radical (unpaired) electrons. The van der Waals surface area contributed by atoms with Crippen molar-refractivity contribution in [3.63, 3.8) is 0 Å². The Kier molecular flexibility index (Phi) is 13.9. The number of unbranched alkanes of at least 4 members (excludes halogenated alkanes) is 15. The first-order valence-electron chi connectivity index (χ1n) is 16.4. The lowest BCUT2D eigenvalue weighted by Crippen LogP contribution is -2.26. The second-order valence-corrected chi connectivity index (χ2v) is 11.8. The number of nitrogen functional groups attached to an aromatic ring is 1. The van der Waals surface area contributed by atoms with Gasteiger partial charge in [0.1, 0.15) is 29.9 Å². The first-order chi connectivity index (χ1) is 20.7. The van der Waals surface area contributed by atoms with E-state index in [0.29, 0.717) is 36.6 Å². The maximum Gasteiger partial charge on any atom is 0.167 e. The molecule has 1 aliphatic heterocycles. The van der Waals surface area contributed by atoms with Crippen LogP contribution in [0.4, 0.5) is 5.82 Å². The molecule has 0 saturated carbocycles. The van der Waals surface area contributed by atoms with Crippen molar-refractivity contribution in [1.29, 1.82) is 0 Å². The fraction of sp³-hybridized carbons (Fsp3) is 0.774. The lowest BCUT2D eigenvalue weighted by Gasteiger charge is -2.15. The predicted molar refractivity (Wildman–Crippen MR) is 163 cm³/mol. The SMILES string of the molecule is CCCCCCCCCCCCCCCCCCOCc1cn(C[C@H]2O[C@@H](n3cnc4c(N)ncnc43)C[C@H]2O)nn1. The van der Waals surface area contributed by atoms with Gasteiger partial charge in [-0.2, -0.15) is 0 Å². The summed E-state index contributed by atoms with van der Waals surface area (Å²) in [7, 11) is 0. The Hall–Kier alpha value is -2.63. The highest BCUT2D eigenvalue weighted by molar-refractivity contribution is 5.81. The van der Waals surface area contributed by atoms with Gasteiger partial charge in [-0.15, -0.1) is 5.10 Å². The minimum atomic E-state index is -0.648. The zero-order valence-corrected chi connectivity index (χ0v) is 25.6. The Balaban J connectivity index is 0.996. The number of imidazole rings is 1. The summed E-state index contributed by atoms with van der Waals surface area (Å²) >= 11 is 0. The molecule has 0 unspecified atom stereocenters. The van der Waals surface area contributed by atoms with E-state index in [0.717, 1.165) is 18.7 Å². The normalized spacial score (nSPS) is 18.9. The van der Waals surface area contributed by atoms with E-state index in [-0.39, 0.29) is 0 Å². The van der Waals surface area contributed by atoms with Gasteiger partial charge < -0.3 is 20.3 Å². The molecule has 0 amide bonds. The van der Waals surface area contributed by atoms with E-state index < -0.39 is 18.4 Å². The minimum Gasteiger partial charge on any atom is -0.390 e. The Bertz CT molecular complexity index is 1150. The van der Waals surface area contributed by atoms with Crippen molar-refractivity contribution in [3.05, 3.63) is 24.5 Å². The number of aliphatic hydroxyl groups is 1. The van der Waals surface area contributed by atoms with Crippen LogP contribution in [0.1, 0.15) is 128 Å². The third-order valence-corrected chi connectivity index (χ3v) is 8.25. The molecular formula is C31H52N8O3. The highest BCUT2D eigenvalue weighted by atomic mass is 16.5. The molecule has 4 heterocycles. The van der Waals surface area contributed by atoms with Crippen LogP contribution in [0.15, 0.2) is 18.9 Å². The van der Waals surface area contributed by atoms with E-state index in [9.17, 15) is 5.11 Å². The van der Waals surface area contributed by atoms with Crippen molar-refractivity contribution >= 4 is 17.0 Å². The van der Waals surface area contributed by atoms with Gasteiger partial charge in [0.2, 0.25) is 0 Å². The van der Waals surface area contributed by atoms with Crippen LogP contribution in [-0.4, -0.2) is 58.4 Å². The molecule has 1 aliphatic rings. The third kappa shape index (κ3) is 10.3. The standard InChI is InChI=1S/C31H52N8O3/c1-2-3-4-5-6-7-8-9-10-11-12-13-14-15-16-17-18-41-22-25-20-38(37-36-25)21-27-26(40)19-28(42-27)39-24-35-29-30(32)33-23-34-31(29)39/h20,23-24,26-28,40H,2-19,21-22H2,1H3,(H2,32,33,34)/t26-,27-,28-/m1/s1. The average Bonchev–Trinajstić information content (AvgIpc) is 3.72. The summed E-state index contributed by atoms with van der Waals surface area (Å²) in [6, 6.07) is 0. The van der Waals surface area contributed by atoms with E-state index in [1.54, 1.807) is 15.6 Å². The van der Waals surface area contributed by atoms with Crippen LogP contribution in [0.5, 0.6) is 0 Å². The van der Waals surface area contributed by atoms with Crippen molar-refractivity contribution < 1.29 is 14.6 Å². The number of ether oxygens (including phenoxy) is 2. The zero-order valence-electron chi connectivity index (χ0n) is 25.6. The Morgan fingerprint density at radius 2 is 1.55 bits per heavy atom. The predicted octanol–water partition coefficient (Wildman–Crippen LogP) is 6.13. The first kappa shape index (κ1) is 32.3. The molecule has 1 fully saturated rings. The maximum atomic E-state index is 10.6. The van der Waals surface area contributed by atoms with Gasteiger partial charge in [0, 0.05) is 13.0 Å². The van der Waals surface area contributed by atoms with Gasteiger partial charge in [-0.05, 0) is 6.42 Å². The molecular weight excluding hydrogens is 532 g/mol. The molecule has 0 spiro atoms. The van der Waals surface area contributed by atoms with Gasteiger partial charge >= 0.3 is 0 Å². The zero-order chi connectivity index (χ0) is 29.4. The van der Waals surface area contributed by atoms with E-state index in [4.69, 9.17) is 15.2 Å². The number of rotatable bonds is 22. The smallest absolute Gasteiger partial charge is 0.167 e. The summed E-state index contributed by atoms with van der Waals surface area (Å²) in [5.41, 5.74) is 7.79. The fourth-order valence-electron chi connectivity index (χ4n) is 5.74. The van der Waals surface area contributed by atoms with Gasteiger partial charge in [-0.25, -0.2) is 19.6 Å². The molecule has 3 atom stereocenters. The largest absolute Gasteiger partial charge is 0.390 e. The molecule has 1 saturated heterocycles. The molecule has 0 aromatic carbocycles. The monoisotopic (exact) mass is 584 g/mol. The van der Waals surface area contributed by atoms with E-state index >= 15 is 0 Å². The topological polar surface area (TPSA) is 139 Å². The summed E-state index contributed by atoms with van der Waals surface area (Å²) in [6.45, 7) is 3.86. The number of aliphatic hydroxyl groups excluding tert-OH is 1. The second kappa shape index (κ2) is 18.1. The third-order valence-electron chi connectivity index (χ3n) is 8.25. The molecule has 42 heavy (non-hydrogen) atoms. The van der Waals surface area contributed by atoms with Crippen molar-refractivity contribution in [2.24, 2.45) is 0 Å². The van der Waals surface area contributed by atoms with Crippen LogP contribution in [0.2, 0.25) is 0 Å². The molecule has 3 N–H and O–H groups in total. The number of hydrogen-bond donors (Lipinski definition) is 2. The number of nitrogens with zero attached hydrogens (tertiary/aromatic N) is 7. The highest BCUT2D eigenvalue weighted by Gasteiger charge is 2.36. The molecule has 3 aromatic rings. The molecule has 3 aromatic heterocycles. The van der Waals surface area contributed by atoms with Crippen molar-refractivity contribution in [1.82, 2.24) is 34.5 Å². The molecule has 11 nitrogen and oxygen atoms in total. The van der Waals surface area contributed by atoms with Gasteiger partial charge in [0.25, 0.3) is 0 Å². The van der Waals surface area contributed by atoms with Gasteiger partial charge in [-0.3, -0.25) is 4.57 Å². The molecule has 11 heteroatoms. The number of anilines is 1. The van der Waals surface area contributed by atoms with Gasteiger partial charge in [0.05, 0.1) is 31.8 Å². The summed E-state index contributed by atoms with van der Waals surface area (Å²) in [5, 5.41) is 19.0. The molecule has 234 valence electrons. The Morgan fingerprint density at radius 1 is 0.905 bits per heavy atom. The van der Waals surface area contributed by atoms with Crippen LogP contribution < -0.4 is 5.73 Å². The summed E-state index contributed by atoms with van der Waals surface area (Å²) in [5.74, 6) is 0.320. The number of aromatic nitrogens is 7. The molecule has 0 bridgehead atoms. The van der Waals surface area contributed by atoms with Crippen molar-refractivity contribution in [2.45, 2.75) is 148 Å². The molecule has 4 rings (SSSR count). The van der Waals surface area contributed by atoms with Crippen LogP contribution in [0.25, 0.3) is 11.2 Å².